The normalized spacial score (nSPS) is 34.8. The SMILES string of the molecule is c1ccc2c(c1)CC(NC1CCN3CCC1C3)C2. The molecule has 2 aliphatic heterocycles. The molecule has 0 radical (unpaired) electrons. The minimum absolute atomic E-state index is 0.694. The van der Waals surface area contributed by atoms with E-state index in [2.05, 4.69) is 34.5 Å². The van der Waals surface area contributed by atoms with Gasteiger partial charge in [-0.05, 0) is 55.8 Å². The lowest BCUT2D eigenvalue weighted by molar-refractivity contribution is 0.210. The molecule has 4 rings (SSSR count). The van der Waals surface area contributed by atoms with E-state index in [-0.39, 0.29) is 0 Å². The Morgan fingerprint density at radius 3 is 2.50 bits per heavy atom. The van der Waals surface area contributed by atoms with Crippen LogP contribution >= 0.6 is 0 Å². The number of piperidine rings is 1. The fraction of sp³-hybridized carbons (Fsp3) is 0.625. The smallest absolute Gasteiger partial charge is 0.0151 e. The van der Waals surface area contributed by atoms with Crippen LogP contribution in [0.1, 0.15) is 24.0 Å². The Labute approximate surface area is 109 Å². The summed E-state index contributed by atoms with van der Waals surface area (Å²) in [5, 5.41) is 3.97. The minimum Gasteiger partial charge on any atom is -0.310 e. The third-order valence-electron chi connectivity index (χ3n) is 5.13. The van der Waals surface area contributed by atoms with Crippen LogP contribution in [-0.4, -0.2) is 36.6 Å². The van der Waals surface area contributed by atoms with E-state index >= 15 is 0 Å². The van der Waals surface area contributed by atoms with Crippen LogP contribution in [0, 0.1) is 5.92 Å². The van der Waals surface area contributed by atoms with Crippen molar-refractivity contribution in [2.45, 2.75) is 37.8 Å². The van der Waals surface area contributed by atoms with Crippen LogP contribution < -0.4 is 5.32 Å². The molecule has 2 heterocycles. The van der Waals surface area contributed by atoms with Crippen molar-refractivity contribution in [1.82, 2.24) is 10.2 Å². The fourth-order valence-corrected chi connectivity index (χ4v) is 4.15. The number of hydrogen-bond donors (Lipinski definition) is 1. The van der Waals surface area contributed by atoms with Crippen LogP contribution in [0.4, 0.5) is 0 Å². The molecule has 3 aliphatic rings. The van der Waals surface area contributed by atoms with Crippen molar-refractivity contribution in [2.75, 3.05) is 19.6 Å². The molecular formula is C16H22N2. The van der Waals surface area contributed by atoms with Crippen LogP contribution in [0.25, 0.3) is 0 Å². The Balaban J connectivity index is 1.42. The zero-order valence-corrected chi connectivity index (χ0v) is 10.9. The first-order valence-electron chi connectivity index (χ1n) is 7.44. The van der Waals surface area contributed by atoms with Crippen molar-refractivity contribution in [3.05, 3.63) is 35.4 Å². The Morgan fingerprint density at radius 1 is 1.00 bits per heavy atom. The maximum atomic E-state index is 3.97. The molecule has 2 nitrogen and oxygen atoms in total. The number of hydrogen-bond acceptors (Lipinski definition) is 2. The first-order valence-corrected chi connectivity index (χ1v) is 7.44. The van der Waals surface area contributed by atoms with E-state index in [1.807, 2.05) is 0 Å². The fourth-order valence-electron chi connectivity index (χ4n) is 4.15. The molecule has 0 aromatic heterocycles. The Bertz CT molecular complexity index is 417. The second-order valence-electron chi connectivity index (χ2n) is 6.29. The first-order chi connectivity index (χ1) is 8.88. The number of nitrogens with zero attached hydrogens (tertiary/aromatic N) is 1. The summed E-state index contributed by atoms with van der Waals surface area (Å²) >= 11 is 0. The van der Waals surface area contributed by atoms with Crippen molar-refractivity contribution >= 4 is 0 Å². The highest BCUT2D eigenvalue weighted by Crippen LogP contribution is 2.29. The molecule has 0 amide bonds. The largest absolute Gasteiger partial charge is 0.310 e. The maximum Gasteiger partial charge on any atom is 0.0151 e. The van der Waals surface area contributed by atoms with Gasteiger partial charge >= 0.3 is 0 Å². The van der Waals surface area contributed by atoms with Crippen LogP contribution in [-0.2, 0) is 12.8 Å². The second-order valence-corrected chi connectivity index (χ2v) is 6.29. The first kappa shape index (κ1) is 11.0. The Hall–Kier alpha value is -0.860. The monoisotopic (exact) mass is 242 g/mol. The predicted octanol–water partition coefficient (Wildman–Crippen LogP) is 1.84. The number of rotatable bonds is 2. The van der Waals surface area contributed by atoms with Crippen molar-refractivity contribution in [3.8, 4) is 0 Å². The molecule has 0 saturated carbocycles. The summed E-state index contributed by atoms with van der Waals surface area (Å²) in [6.45, 7) is 4.00. The molecule has 1 N–H and O–H groups in total. The summed E-state index contributed by atoms with van der Waals surface area (Å²) in [6, 6.07) is 10.4. The van der Waals surface area contributed by atoms with Gasteiger partial charge in [0.05, 0.1) is 0 Å². The third kappa shape index (κ3) is 1.88. The topological polar surface area (TPSA) is 15.3 Å². The van der Waals surface area contributed by atoms with Crippen molar-refractivity contribution < 1.29 is 0 Å². The number of fused-ring (bicyclic) bond motifs is 3. The lowest BCUT2D eigenvalue weighted by Crippen LogP contribution is -2.48. The van der Waals surface area contributed by atoms with Gasteiger partial charge in [-0.25, -0.2) is 0 Å². The Morgan fingerprint density at radius 2 is 1.72 bits per heavy atom. The average molecular weight is 242 g/mol. The summed E-state index contributed by atoms with van der Waals surface area (Å²) in [6.07, 6.45) is 5.25. The lowest BCUT2D eigenvalue weighted by Gasteiger charge is -2.33. The molecule has 2 saturated heterocycles. The summed E-state index contributed by atoms with van der Waals surface area (Å²) in [7, 11) is 0. The molecule has 0 spiro atoms. The molecule has 1 aliphatic carbocycles. The molecule has 18 heavy (non-hydrogen) atoms. The average Bonchev–Trinajstić information content (AvgIpc) is 2.97. The zero-order valence-electron chi connectivity index (χ0n) is 10.9. The zero-order chi connectivity index (χ0) is 11.9. The highest BCUT2D eigenvalue weighted by molar-refractivity contribution is 5.33. The molecule has 96 valence electrons. The predicted molar refractivity (Wildman–Crippen MR) is 73.7 cm³/mol. The van der Waals surface area contributed by atoms with Crippen molar-refractivity contribution in [1.29, 1.82) is 0 Å². The summed E-state index contributed by atoms with van der Waals surface area (Å²) < 4.78 is 0. The molecule has 2 bridgehead atoms. The summed E-state index contributed by atoms with van der Waals surface area (Å²) in [5.41, 5.74) is 3.14. The van der Waals surface area contributed by atoms with E-state index in [0.717, 1.165) is 12.0 Å². The molecule has 1 aromatic carbocycles. The maximum absolute atomic E-state index is 3.97. The van der Waals surface area contributed by atoms with Gasteiger partial charge in [0.1, 0.15) is 0 Å². The van der Waals surface area contributed by atoms with Gasteiger partial charge in [0.15, 0.2) is 0 Å². The highest BCUT2D eigenvalue weighted by Gasteiger charge is 2.35. The van der Waals surface area contributed by atoms with E-state index in [0.29, 0.717) is 6.04 Å². The number of nitrogens with one attached hydrogen (secondary N) is 1. The van der Waals surface area contributed by atoms with E-state index in [4.69, 9.17) is 0 Å². The van der Waals surface area contributed by atoms with Gasteiger partial charge in [-0.3, -0.25) is 0 Å². The molecule has 2 fully saturated rings. The van der Waals surface area contributed by atoms with Crippen molar-refractivity contribution in [2.24, 2.45) is 5.92 Å². The minimum atomic E-state index is 0.694. The van der Waals surface area contributed by atoms with Crippen LogP contribution in [0.3, 0.4) is 0 Å². The van der Waals surface area contributed by atoms with Gasteiger partial charge in [0.2, 0.25) is 0 Å². The van der Waals surface area contributed by atoms with Gasteiger partial charge in [-0.1, -0.05) is 24.3 Å². The molecule has 1 aromatic rings. The third-order valence-corrected chi connectivity index (χ3v) is 5.13. The van der Waals surface area contributed by atoms with Crippen molar-refractivity contribution in [3.63, 3.8) is 0 Å². The quantitative estimate of drug-likeness (QED) is 0.851. The van der Waals surface area contributed by atoms with Gasteiger partial charge < -0.3 is 10.2 Å². The second kappa shape index (κ2) is 4.36. The molecule has 3 atom stereocenters. The lowest BCUT2D eigenvalue weighted by atomic mass is 9.93. The van der Waals surface area contributed by atoms with Gasteiger partial charge in [-0.15, -0.1) is 0 Å². The molecule has 2 heteroatoms. The van der Waals surface area contributed by atoms with E-state index in [1.54, 1.807) is 11.1 Å². The summed E-state index contributed by atoms with van der Waals surface area (Å²) in [4.78, 5) is 2.63. The standard InChI is InChI=1S/C16H22N2/c1-2-4-13-10-15(9-12(13)3-1)17-16-6-8-18-7-5-14(16)11-18/h1-4,14-17H,5-11H2. The van der Waals surface area contributed by atoms with E-state index in [1.165, 1.54) is 45.3 Å². The van der Waals surface area contributed by atoms with E-state index in [9.17, 15) is 0 Å². The van der Waals surface area contributed by atoms with E-state index < -0.39 is 0 Å². The van der Waals surface area contributed by atoms with Crippen LogP contribution in [0.15, 0.2) is 24.3 Å². The van der Waals surface area contributed by atoms with Crippen LogP contribution in [0.5, 0.6) is 0 Å². The summed E-state index contributed by atoms with van der Waals surface area (Å²) in [5.74, 6) is 0.919. The van der Waals surface area contributed by atoms with Gasteiger partial charge in [0, 0.05) is 18.6 Å². The molecular weight excluding hydrogens is 220 g/mol. The Kier molecular flexibility index (Phi) is 2.66. The number of benzene rings is 1. The highest BCUT2D eigenvalue weighted by atomic mass is 15.2. The van der Waals surface area contributed by atoms with Gasteiger partial charge in [-0.2, -0.15) is 0 Å². The van der Waals surface area contributed by atoms with Gasteiger partial charge in [0.25, 0.3) is 0 Å². The molecule has 3 unspecified atom stereocenters. The van der Waals surface area contributed by atoms with Crippen LogP contribution in [0.2, 0.25) is 0 Å².